The van der Waals surface area contributed by atoms with Crippen molar-refractivity contribution >= 4 is 17.6 Å². The van der Waals surface area contributed by atoms with Crippen molar-refractivity contribution in [3.05, 3.63) is 113 Å². The van der Waals surface area contributed by atoms with Crippen molar-refractivity contribution < 1.29 is 32.2 Å². The maximum Gasteiger partial charge on any atom is 0.434 e. The fourth-order valence-electron chi connectivity index (χ4n) is 4.41. The van der Waals surface area contributed by atoms with E-state index >= 15 is 0 Å². The Labute approximate surface area is 250 Å². The van der Waals surface area contributed by atoms with Gasteiger partial charge in [-0.05, 0) is 66.1 Å². The molecule has 0 aliphatic carbocycles. The number of aromatic nitrogens is 3. The number of benzene rings is 3. The molecule has 0 amide bonds. The van der Waals surface area contributed by atoms with Gasteiger partial charge in [0.25, 0.3) is 0 Å². The summed E-state index contributed by atoms with van der Waals surface area (Å²) in [7, 11) is 1.62. The van der Waals surface area contributed by atoms with Crippen LogP contribution in [0.5, 0.6) is 11.5 Å². The number of pyridine rings is 1. The summed E-state index contributed by atoms with van der Waals surface area (Å²) in [5.41, 5.74) is 1.75. The molecule has 0 saturated heterocycles. The molecule has 0 spiro atoms. The fourth-order valence-corrected chi connectivity index (χ4v) is 4.58. The van der Waals surface area contributed by atoms with Gasteiger partial charge in [0, 0.05) is 10.6 Å². The minimum Gasteiger partial charge on any atom is -0.497 e. The second-order valence-corrected chi connectivity index (χ2v) is 9.71. The van der Waals surface area contributed by atoms with Crippen LogP contribution in [0.25, 0.3) is 28.2 Å². The Bertz CT molecular complexity index is 1740. The molecule has 0 saturated carbocycles. The van der Waals surface area contributed by atoms with Crippen molar-refractivity contribution in [3.8, 4) is 39.7 Å². The van der Waals surface area contributed by atoms with Crippen LogP contribution in [0.15, 0.2) is 91.1 Å². The molecule has 0 radical (unpaired) electrons. The highest BCUT2D eigenvalue weighted by molar-refractivity contribution is 6.31. The largest absolute Gasteiger partial charge is 0.497 e. The van der Waals surface area contributed by atoms with Crippen molar-refractivity contribution in [1.29, 1.82) is 0 Å². The first-order chi connectivity index (χ1) is 20.7. The molecule has 0 atom stereocenters. The van der Waals surface area contributed by atoms with Crippen LogP contribution < -0.4 is 9.47 Å². The molecule has 43 heavy (non-hydrogen) atoms. The predicted octanol–water partition coefficient (Wildman–Crippen LogP) is 8.04. The summed E-state index contributed by atoms with van der Waals surface area (Å²) in [5, 5.41) is 4.20. The summed E-state index contributed by atoms with van der Waals surface area (Å²) < 4.78 is 58.8. The lowest BCUT2D eigenvalue weighted by Crippen LogP contribution is -2.19. The summed E-state index contributed by atoms with van der Waals surface area (Å²) in [5.74, 6) is -0.0726. The molecule has 3 aromatic carbocycles. The van der Waals surface area contributed by atoms with Gasteiger partial charge in [-0.15, -0.1) is 0 Å². The highest BCUT2D eigenvalue weighted by Crippen LogP contribution is 2.36. The van der Waals surface area contributed by atoms with Crippen LogP contribution in [-0.2, 0) is 17.5 Å². The van der Waals surface area contributed by atoms with Crippen molar-refractivity contribution in [2.24, 2.45) is 0 Å². The fraction of sp³-hybridized carbons (Fsp3) is 0.156. The van der Waals surface area contributed by atoms with E-state index in [1.165, 1.54) is 19.1 Å². The molecule has 0 unspecified atom stereocenters. The molecule has 0 aliphatic rings. The number of alkyl halides is 3. The van der Waals surface area contributed by atoms with Gasteiger partial charge >= 0.3 is 12.1 Å². The van der Waals surface area contributed by atoms with Crippen molar-refractivity contribution in [1.82, 2.24) is 14.8 Å². The van der Waals surface area contributed by atoms with Gasteiger partial charge in [0.05, 0.1) is 25.6 Å². The number of rotatable bonds is 9. The van der Waals surface area contributed by atoms with Crippen molar-refractivity contribution in [3.63, 3.8) is 0 Å². The zero-order valence-electron chi connectivity index (χ0n) is 23.1. The Morgan fingerprint density at radius 3 is 2.30 bits per heavy atom. The summed E-state index contributed by atoms with van der Waals surface area (Å²) in [6.45, 7) is 1.64. The van der Waals surface area contributed by atoms with E-state index in [0.717, 1.165) is 28.6 Å². The van der Waals surface area contributed by atoms with Gasteiger partial charge in [0.15, 0.2) is 11.5 Å². The van der Waals surface area contributed by atoms with E-state index in [9.17, 15) is 18.0 Å². The number of esters is 1. The summed E-state index contributed by atoms with van der Waals surface area (Å²) >= 11 is 6.28. The van der Waals surface area contributed by atoms with Crippen LogP contribution in [-0.4, -0.2) is 34.5 Å². The zero-order chi connectivity index (χ0) is 30.6. The predicted molar refractivity (Wildman–Crippen MR) is 156 cm³/mol. The molecule has 0 bridgehead atoms. The molecule has 0 N–H and O–H groups in total. The normalized spacial score (nSPS) is 11.3. The maximum absolute atomic E-state index is 14.0. The van der Waals surface area contributed by atoms with Gasteiger partial charge in [0.1, 0.15) is 23.7 Å². The zero-order valence-corrected chi connectivity index (χ0v) is 23.8. The van der Waals surface area contributed by atoms with E-state index in [4.69, 9.17) is 25.8 Å². The Hall–Kier alpha value is -4.83. The molecular formula is C32H25ClF3N3O4. The van der Waals surface area contributed by atoms with E-state index in [1.807, 2.05) is 48.5 Å². The molecule has 5 rings (SSSR count). The summed E-state index contributed by atoms with van der Waals surface area (Å²) in [6.07, 6.45) is -4.08. The van der Waals surface area contributed by atoms with Crippen LogP contribution in [0, 0.1) is 0 Å². The highest BCUT2D eigenvalue weighted by atomic mass is 35.5. The van der Waals surface area contributed by atoms with Gasteiger partial charge in [-0.25, -0.2) is 14.5 Å². The second-order valence-electron chi connectivity index (χ2n) is 9.27. The SMILES string of the molecule is CCOC(=O)c1cnn(-c2cccc(-c3cc(Cl)ccc3OCc3ccc(-c4ccc(OC)cc4)cc3)n2)c1C(F)(F)F. The van der Waals surface area contributed by atoms with E-state index in [0.29, 0.717) is 26.7 Å². The van der Waals surface area contributed by atoms with Crippen LogP contribution in [0.2, 0.25) is 5.02 Å². The second kappa shape index (κ2) is 12.6. The molecule has 5 aromatic rings. The first kappa shape index (κ1) is 29.7. The lowest BCUT2D eigenvalue weighted by atomic mass is 10.0. The summed E-state index contributed by atoms with van der Waals surface area (Å²) in [6, 6.07) is 25.1. The third kappa shape index (κ3) is 6.65. The molecule has 7 nitrogen and oxygen atoms in total. The first-order valence-corrected chi connectivity index (χ1v) is 13.5. The Balaban J connectivity index is 1.41. The molecule has 0 fully saturated rings. The number of hydrogen-bond acceptors (Lipinski definition) is 6. The highest BCUT2D eigenvalue weighted by Gasteiger charge is 2.41. The number of carbonyl (C=O) groups is 1. The third-order valence-corrected chi connectivity index (χ3v) is 6.71. The molecule has 2 heterocycles. The van der Waals surface area contributed by atoms with Gasteiger partial charge in [-0.2, -0.15) is 18.3 Å². The number of halogens is 4. The average molecular weight is 608 g/mol. The Kier molecular flexibility index (Phi) is 8.68. The van der Waals surface area contributed by atoms with Crippen molar-refractivity contribution in [2.75, 3.05) is 13.7 Å². The molecule has 2 aromatic heterocycles. The molecule has 0 aliphatic heterocycles. The standard InChI is InChI=1S/C32H25ClF3N3O4/c1-3-42-31(40)26-18-37-39(30(26)32(34,35)36)29-6-4-5-27(38-29)25-17-23(33)13-16-28(25)43-19-20-7-9-21(10-8-20)22-11-14-24(41-2)15-12-22/h4-18H,3,19H2,1-2H3. The monoisotopic (exact) mass is 607 g/mol. The lowest BCUT2D eigenvalue weighted by Gasteiger charge is -2.15. The minimum atomic E-state index is -4.90. The molecule has 11 heteroatoms. The Morgan fingerprint density at radius 2 is 1.65 bits per heavy atom. The minimum absolute atomic E-state index is 0.0839. The Morgan fingerprint density at radius 1 is 0.953 bits per heavy atom. The number of hydrogen-bond donors (Lipinski definition) is 0. The molecule has 220 valence electrons. The lowest BCUT2D eigenvalue weighted by molar-refractivity contribution is -0.143. The van der Waals surface area contributed by atoms with Crippen LogP contribution in [0.4, 0.5) is 13.2 Å². The van der Waals surface area contributed by atoms with Gasteiger partial charge in [-0.3, -0.25) is 0 Å². The van der Waals surface area contributed by atoms with Gasteiger partial charge in [0.2, 0.25) is 0 Å². The number of nitrogens with zero attached hydrogens (tertiary/aromatic N) is 3. The molecular weight excluding hydrogens is 583 g/mol. The van der Waals surface area contributed by atoms with Crippen LogP contribution >= 0.6 is 11.6 Å². The average Bonchev–Trinajstić information content (AvgIpc) is 3.48. The smallest absolute Gasteiger partial charge is 0.434 e. The quantitative estimate of drug-likeness (QED) is 0.158. The number of ether oxygens (including phenoxy) is 3. The summed E-state index contributed by atoms with van der Waals surface area (Å²) in [4.78, 5) is 16.6. The van der Waals surface area contributed by atoms with Crippen molar-refractivity contribution in [2.45, 2.75) is 19.7 Å². The number of methoxy groups -OCH3 is 1. The topological polar surface area (TPSA) is 75.5 Å². The van der Waals surface area contributed by atoms with Gasteiger partial charge < -0.3 is 14.2 Å². The third-order valence-electron chi connectivity index (χ3n) is 6.47. The van der Waals surface area contributed by atoms with Crippen LogP contribution in [0.3, 0.4) is 0 Å². The van der Waals surface area contributed by atoms with Crippen LogP contribution in [0.1, 0.15) is 28.5 Å². The van der Waals surface area contributed by atoms with E-state index in [-0.39, 0.29) is 19.0 Å². The maximum atomic E-state index is 14.0. The van der Waals surface area contributed by atoms with E-state index in [2.05, 4.69) is 10.1 Å². The first-order valence-electron chi connectivity index (χ1n) is 13.1. The van der Waals surface area contributed by atoms with Gasteiger partial charge in [-0.1, -0.05) is 54.1 Å². The van der Waals surface area contributed by atoms with E-state index < -0.39 is 23.4 Å². The number of carbonyl (C=O) groups excluding carboxylic acids is 1. The van der Waals surface area contributed by atoms with E-state index in [1.54, 1.807) is 31.4 Å².